The van der Waals surface area contributed by atoms with Crippen molar-refractivity contribution in [1.29, 1.82) is 0 Å². The number of sulfonamides is 1. The van der Waals surface area contributed by atoms with Gasteiger partial charge in [-0.1, -0.05) is 29.8 Å². The summed E-state index contributed by atoms with van der Waals surface area (Å²) in [7, 11) is -3.52. The second-order valence-corrected chi connectivity index (χ2v) is 8.98. The molecule has 0 saturated carbocycles. The number of fused-ring (bicyclic) bond motifs is 1. The third-order valence-electron chi connectivity index (χ3n) is 4.69. The van der Waals surface area contributed by atoms with Crippen LogP contribution in [0.3, 0.4) is 0 Å². The van der Waals surface area contributed by atoms with Crippen LogP contribution in [0.2, 0.25) is 5.02 Å². The van der Waals surface area contributed by atoms with Crippen LogP contribution >= 0.6 is 11.6 Å². The van der Waals surface area contributed by atoms with E-state index in [0.717, 1.165) is 16.8 Å². The zero-order valence-electron chi connectivity index (χ0n) is 14.8. The first-order valence-corrected chi connectivity index (χ1v) is 10.7. The van der Waals surface area contributed by atoms with Crippen molar-refractivity contribution in [2.45, 2.75) is 18.7 Å². The van der Waals surface area contributed by atoms with Crippen molar-refractivity contribution in [3.63, 3.8) is 0 Å². The van der Waals surface area contributed by atoms with Crippen LogP contribution in [-0.4, -0.2) is 29.2 Å². The Kier molecular flexibility index (Phi) is 5.14. The minimum Gasteiger partial charge on any atom is -0.236 e. The van der Waals surface area contributed by atoms with Gasteiger partial charge in [-0.3, -0.25) is 0 Å². The van der Waals surface area contributed by atoms with Crippen LogP contribution in [-0.2, 0) is 28.7 Å². The summed E-state index contributed by atoms with van der Waals surface area (Å²) in [6.07, 6.45) is 2.14. The van der Waals surface area contributed by atoms with Gasteiger partial charge in [0.05, 0.1) is 11.4 Å². The van der Waals surface area contributed by atoms with Gasteiger partial charge in [-0.05, 0) is 35.9 Å². The summed E-state index contributed by atoms with van der Waals surface area (Å²) in [6, 6.07) is 12.9. The second-order valence-electron chi connectivity index (χ2n) is 6.60. The molecule has 5 nitrogen and oxygen atoms in total. The number of nitrogens with zero attached hydrogens (tertiary/aromatic N) is 3. The SMILES string of the molecule is O=S(=O)(Cc1ccccc1Cl)N1CCc2nc(-c3ccc(F)cc3)ncc2C1. The summed E-state index contributed by atoms with van der Waals surface area (Å²) >= 11 is 6.11. The molecular formula is C20H17ClFN3O2S. The van der Waals surface area contributed by atoms with Crippen LogP contribution in [0, 0.1) is 5.82 Å². The molecule has 0 bridgehead atoms. The largest absolute Gasteiger partial charge is 0.236 e. The zero-order chi connectivity index (χ0) is 19.7. The molecule has 1 aromatic heterocycles. The van der Waals surface area contributed by atoms with Crippen molar-refractivity contribution < 1.29 is 12.8 Å². The van der Waals surface area contributed by atoms with E-state index in [0.29, 0.717) is 29.4 Å². The molecule has 1 aliphatic heterocycles. The second kappa shape index (κ2) is 7.58. The van der Waals surface area contributed by atoms with Crippen LogP contribution in [0.5, 0.6) is 0 Å². The Hall–Kier alpha value is -2.35. The lowest BCUT2D eigenvalue weighted by Crippen LogP contribution is -2.37. The molecule has 2 aromatic carbocycles. The Morgan fingerprint density at radius 1 is 1.11 bits per heavy atom. The molecule has 0 unspecified atom stereocenters. The predicted molar refractivity (Wildman–Crippen MR) is 106 cm³/mol. The van der Waals surface area contributed by atoms with Gasteiger partial charge in [-0.15, -0.1) is 0 Å². The predicted octanol–water partition coefficient (Wildman–Crippen LogP) is 3.82. The molecule has 28 heavy (non-hydrogen) atoms. The highest BCUT2D eigenvalue weighted by atomic mass is 35.5. The molecule has 8 heteroatoms. The third-order valence-corrected chi connectivity index (χ3v) is 6.83. The Balaban J connectivity index is 1.55. The van der Waals surface area contributed by atoms with Gasteiger partial charge in [-0.25, -0.2) is 22.8 Å². The summed E-state index contributed by atoms with van der Waals surface area (Å²) in [6.45, 7) is 0.575. The molecule has 2 heterocycles. The van der Waals surface area contributed by atoms with Gasteiger partial charge >= 0.3 is 0 Å². The molecule has 144 valence electrons. The van der Waals surface area contributed by atoms with E-state index >= 15 is 0 Å². The number of aromatic nitrogens is 2. The lowest BCUT2D eigenvalue weighted by atomic mass is 10.1. The fourth-order valence-electron chi connectivity index (χ4n) is 3.17. The quantitative estimate of drug-likeness (QED) is 0.647. The van der Waals surface area contributed by atoms with Gasteiger partial charge < -0.3 is 0 Å². The van der Waals surface area contributed by atoms with Crippen LogP contribution in [0.25, 0.3) is 11.4 Å². The number of halogens is 2. The molecule has 0 spiro atoms. The first-order chi connectivity index (χ1) is 13.4. The normalized spacial score (nSPS) is 14.6. The van der Waals surface area contributed by atoms with E-state index in [2.05, 4.69) is 9.97 Å². The summed E-state index contributed by atoms with van der Waals surface area (Å²) < 4.78 is 40.2. The van der Waals surface area contributed by atoms with E-state index < -0.39 is 10.0 Å². The molecule has 0 atom stereocenters. The van der Waals surface area contributed by atoms with E-state index in [-0.39, 0.29) is 18.1 Å². The monoisotopic (exact) mass is 417 g/mol. The topological polar surface area (TPSA) is 63.2 Å². The standard InChI is InChI=1S/C20H17ClFN3O2S/c21-18-4-2-1-3-15(18)13-28(26,27)25-10-9-19-16(12-25)11-23-20(24-19)14-5-7-17(22)8-6-14/h1-8,11H,9-10,12-13H2. The molecule has 1 aliphatic rings. The van der Waals surface area contributed by atoms with Crippen LogP contribution in [0.4, 0.5) is 4.39 Å². The summed E-state index contributed by atoms with van der Waals surface area (Å²) in [5, 5.41) is 0.441. The van der Waals surface area contributed by atoms with Gasteiger partial charge in [0.15, 0.2) is 5.82 Å². The Labute approximate surface area is 167 Å². The average molecular weight is 418 g/mol. The van der Waals surface area contributed by atoms with Gasteiger partial charge in [0.25, 0.3) is 0 Å². The van der Waals surface area contributed by atoms with Crippen molar-refractivity contribution in [2.24, 2.45) is 0 Å². The van der Waals surface area contributed by atoms with E-state index in [1.54, 1.807) is 42.6 Å². The van der Waals surface area contributed by atoms with E-state index in [9.17, 15) is 12.8 Å². The van der Waals surface area contributed by atoms with Crippen LogP contribution < -0.4 is 0 Å². The smallest absolute Gasteiger partial charge is 0.218 e. The lowest BCUT2D eigenvalue weighted by Gasteiger charge is -2.27. The number of hydrogen-bond acceptors (Lipinski definition) is 4. The maximum absolute atomic E-state index is 13.1. The van der Waals surface area contributed by atoms with Crippen molar-refractivity contribution in [2.75, 3.05) is 6.54 Å². The molecule has 0 amide bonds. The number of benzene rings is 2. The fraction of sp³-hybridized carbons (Fsp3) is 0.200. The summed E-state index contributed by atoms with van der Waals surface area (Å²) in [5.74, 6) is 0.0449. The molecule has 0 saturated heterocycles. The Morgan fingerprint density at radius 2 is 1.86 bits per heavy atom. The molecular weight excluding hydrogens is 401 g/mol. The molecule has 4 rings (SSSR count). The number of rotatable bonds is 4. The molecule has 0 radical (unpaired) electrons. The average Bonchev–Trinajstić information content (AvgIpc) is 2.69. The van der Waals surface area contributed by atoms with Gasteiger partial charge in [-0.2, -0.15) is 4.31 Å². The third kappa shape index (κ3) is 3.92. The van der Waals surface area contributed by atoms with Crippen molar-refractivity contribution in [1.82, 2.24) is 14.3 Å². The Bertz CT molecular complexity index is 1120. The fourth-order valence-corrected chi connectivity index (χ4v) is 4.98. The summed E-state index contributed by atoms with van der Waals surface area (Å²) in [5.41, 5.74) is 2.90. The molecule has 0 N–H and O–H groups in total. The van der Waals surface area contributed by atoms with Crippen LogP contribution in [0.15, 0.2) is 54.7 Å². The van der Waals surface area contributed by atoms with Crippen LogP contribution in [0.1, 0.15) is 16.8 Å². The highest BCUT2D eigenvalue weighted by Gasteiger charge is 2.28. The highest BCUT2D eigenvalue weighted by molar-refractivity contribution is 7.88. The van der Waals surface area contributed by atoms with E-state index in [1.165, 1.54) is 16.4 Å². The minimum atomic E-state index is -3.52. The van der Waals surface area contributed by atoms with Crippen molar-refractivity contribution >= 4 is 21.6 Å². The first-order valence-electron chi connectivity index (χ1n) is 8.74. The Morgan fingerprint density at radius 3 is 2.61 bits per heavy atom. The van der Waals surface area contributed by atoms with Crippen molar-refractivity contribution in [3.8, 4) is 11.4 Å². The highest BCUT2D eigenvalue weighted by Crippen LogP contribution is 2.25. The minimum absolute atomic E-state index is 0.142. The van der Waals surface area contributed by atoms with Gasteiger partial charge in [0.2, 0.25) is 10.0 Å². The van der Waals surface area contributed by atoms with E-state index in [1.807, 2.05) is 0 Å². The lowest BCUT2D eigenvalue weighted by molar-refractivity contribution is 0.386. The molecule has 0 fully saturated rings. The van der Waals surface area contributed by atoms with Gasteiger partial charge in [0, 0.05) is 41.9 Å². The molecule has 3 aromatic rings. The molecule has 0 aliphatic carbocycles. The summed E-state index contributed by atoms with van der Waals surface area (Å²) in [4.78, 5) is 8.88. The number of hydrogen-bond donors (Lipinski definition) is 0. The van der Waals surface area contributed by atoms with E-state index in [4.69, 9.17) is 11.6 Å². The van der Waals surface area contributed by atoms with Crippen molar-refractivity contribution in [3.05, 3.63) is 82.4 Å². The zero-order valence-corrected chi connectivity index (χ0v) is 16.4. The maximum atomic E-state index is 13.1. The van der Waals surface area contributed by atoms with Gasteiger partial charge in [0.1, 0.15) is 5.82 Å². The first kappa shape index (κ1) is 19.0. The maximum Gasteiger partial charge on any atom is 0.218 e.